The van der Waals surface area contributed by atoms with Crippen molar-refractivity contribution < 1.29 is 4.79 Å². The molecule has 19 heavy (non-hydrogen) atoms. The van der Waals surface area contributed by atoms with Crippen LogP contribution < -0.4 is 11.1 Å². The van der Waals surface area contributed by atoms with Gasteiger partial charge in [-0.05, 0) is 31.7 Å². The number of aldehydes is 1. The molecule has 5 heteroatoms. The Hall–Kier alpha value is -2.04. The number of carbonyl (C=O) groups is 1. The monoisotopic (exact) mass is 258 g/mol. The van der Waals surface area contributed by atoms with E-state index in [1.165, 1.54) is 0 Å². The van der Waals surface area contributed by atoms with Gasteiger partial charge >= 0.3 is 0 Å². The SMILES string of the molecule is N/C(=C1\NC=Nc2[nH]ccc21)C1CCC(C=O)CC1. The molecule has 1 fully saturated rings. The van der Waals surface area contributed by atoms with Crippen LogP contribution in [-0.2, 0) is 4.79 Å². The highest BCUT2D eigenvalue weighted by Gasteiger charge is 2.25. The molecular formula is C14H18N4O. The Morgan fingerprint density at radius 1 is 1.37 bits per heavy atom. The van der Waals surface area contributed by atoms with Gasteiger partial charge in [0.15, 0.2) is 0 Å². The number of hydrogen-bond acceptors (Lipinski definition) is 4. The minimum absolute atomic E-state index is 0.220. The van der Waals surface area contributed by atoms with E-state index >= 15 is 0 Å². The van der Waals surface area contributed by atoms with E-state index in [0.717, 1.165) is 54.7 Å². The Bertz CT molecular complexity index is 535. The lowest BCUT2D eigenvalue weighted by atomic mass is 9.80. The van der Waals surface area contributed by atoms with Gasteiger partial charge in [-0.25, -0.2) is 4.99 Å². The summed E-state index contributed by atoms with van der Waals surface area (Å²) < 4.78 is 0. The van der Waals surface area contributed by atoms with Crippen molar-refractivity contribution >= 4 is 24.1 Å². The molecule has 5 nitrogen and oxygen atoms in total. The molecule has 2 heterocycles. The smallest absolute Gasteiger partial charge is 0.141 e. The van der Waals surface area contributed by atoms with Crippen molar-refractivity contribution in [1.29, 1.82) is 0 Å². The third-order valence-electron chi connectivity index (χ3n) is 4.09. The van der Waals surface area contributed by atoms with E-state index in [0.29, 0.717) is 5.92 Å². The van der Waals surface area contributed by atoms with E-state index in [1.807, 2.05) is 12.3 Å². The number of H-pyrrole nitrogens is 1. The summed E-state index contributed by atoms with van der Waals surface area (Å²) in [6, 6.07) is 1.98. The van der Waals surface area contributed by atoms with E-state index < -0.39 is 0 Å². The van der Waals surface area contributed by atoms with Gasteiger partial charge in [0, 0.05) is 29.3 Å². The summed E-state index contributed by atoms with van der Waals surface area (Å²) in [6.07, 6.45) is 8.46. The highest BCUT2D eigenvalue weighted by molar-refractivity contribution is 5.87. The van der Waals surface area contributed by atoms with E-state index in [1.54, 1.807) is 6.34 Å². The fraction of sp³-hybridized carbons (Fsp3) is 0.429. The number of nitrogens with zero attached hydrogens (tertiary/aromatic N) is 1. The standard InChI is InChI=1S/C14H18N4O/c15-12(10-3-1-9(7-19)2-4-10)13-11-5-6-16-14(11)18-8-17-13/h5-10,16H,1-4,15H2,(H,17,18)/b13-12-. The molecule has 1 aliphatic heterocycles. The zero-order valence-corrected chi connectivity index (χ0v) is 10.7. The second-order valence-electron chi connectivity index (χ2n) is 5.22. The quantitative estimate of drug-likeness (QED) is 0.708. The molecule has 0 unspecified atom stereocenters. The van der Waals surface area contributed by atoms with Gasteiger partial charge in [-0.3, -0.25) is 0 Å². The number of allylic oxidation sites excluding steroid dienone is 1. The van der Waals surface area contributed by atoms with Crippen molar-refractivity contribution in [2.45, 2.75) is 25.7 Å². The fourth-order valence-electron chi connectivity index (χ4n) is 2.92. The predicted molar refractivity (Wildman–Crippen MR) is 74.7 cm³/mol. The van der Waals surface area contributed by atoms with Crippen LogP contribution in [0.2, 0.25) is 0 Å². The molecule has 1 aromatic rings. The van der Waals surface area contributed by atoms with Crippen LogP contribution in [-0.4, -0.2) is 17.6 Å². The second-order valence-corrected chi connectivity index (χ2v) is 5.22. The van der Waals surface area contributed by atoms with E-state index in [2.05, 4.69) is 15.3 Å². The van der Waals surface area contributed by atoms with Crippen LogP contribution in [0.4, 0.5) is 5.82 Å². The van der Waals surface area contributed by atoms with Crippen LogP contribution in [0.15, 0.2) is 23.0 Å². The molecule has 4 N–H and O–H groups in total. The molecule has 0 amide bonds. The summed E-state index contributed by atoms with van der Waals surface area (Å²) in [4.78, 5) is 18.1. The van der Waals surface area contributed by atoms with Crippen molar-refractivity contribution in [1.82, 2.24) is 10.3 Å². The molecule has 100 valence electrons. The zero-order chi connectivity index (χ0) is 13.2. The number of aromatic nitrogens is 1. The number of rotatable bonds is 2. The first-order chi connectivity index (χ1) is 9.29. The lowest BCUT2D eigenvalue weighted by molar-refractivity contribution is -0.112. The number of hydrogen-bond donors (Lipinski definition) is 3. The summed E-state index contributed by atoms with van der Waals surface area (Å²) >= 11 is 0. The van der Waals surface area contributed by atoms with Crippen LogP contribution in [0, 0.1) is 11.8 Å². The second kappa shape index (κ2) is 4.91. The van der Waals surface area contributed by atoms with E-state index in [-0.39, 0.29) is 5.92 Å². The Labute approximate surface area is 112 Å². The molecule has 2 aliphatic rings. The van der Waals surface area contributed by atoms with Gasteiger partial charge in [-0.1, -0.05) is 0 Å². The number of nitrogens with one attached hydrogen (secondary N) is 2. The molecule has 1 saturated carbocycles. The van der Waals surface area contributed by atoms with Gasteiger partial charge < -0.3 is 20.8 Å². The Morgan fingerprint density at radius 2 is 2.16 bits per heavy atom. The molecule has 0 bridgehead atoms. The van der Waals surface area contributed by atoms with Gasteiger partial charge in [-0.2, -0.15) is 0 Å². The first-order valence-electron chi connectivity index (χ1n) is 6.71. The van der Waals surface area contributed by atoms with Crippen molar-refractivity contribution in [3.8, 4) is 0 Å². The third-order valence-corrected chi connectivity index (χ3v) is 4.09. The maximum Gasteiger partial charge on any atom is 0.141 e. The molecule has 1 aliphatic carbocycles. The zero-order valence-electron chi connectivity index (χ0n) is 10.7. The number of aromatic amines is 1. The molecule has 0 aromatic carbocycles. The molecule has 0 atom stereocenters. The average Bonchev–Trinajstić information content (AvgIpc) is 2.95. The lowest BCUT2D eigenvalue weighted by Gasteiger charge is -2.28. The molecule has 3 rings (SSSR count). The Balaban J connectivity index is 1.84. The van der Waals surface area contributed by atoms with E-state index in [4.69, 9.17) is 5.73 Å². The lowest BCUT2D eigenvalue weighted by Crippen LogP contribution is -2.26. The molecule has 0 saturated heterocycles. The summed E-state index contributed by atoms with van der Waals surface area (Å²) in [5.41, 5.74) is 9.21. The molecular weight excluding hydrogens is 240 g/mol. The number of fused-ring (bicyclic) bond motifs is 1. The van der Waals surface area contributed by atoms with Crippen molar-refractivity contribution in [2.24, 2.45) is 22.6 Å². The maximum absolute atomic E-state index is 10.8. The Kier molecular flexibility index (Phi) is 3.11. The third kappa shape index (κ3) is 2.16. The average molecular weight is 258 g/mol. The van der Waals surface area contributed by atoms with Crippen molar-refractivity contribution in [3.05, 3.63) is 23.5 Å². The van der Waals surface area contributed by atoms with Gasteiger partial charge in [0.25, 0.3) is 0 Å². The van der Waals surface area contributed by atoms with Gasteiger partial charge in [0.1, 0.15) is 12.1 Å². The fourth-order valence-corrected chi connectivity index (χ4v) is 2.92. The van der Waals surface area contributed by atoms with Crippen molar-refractivity contribution in [2.75, 3.05) is 0 Å². The van der Waals surface area contributed by atoms with Crippen LogP contribution in [0.3, 0.4) is 0 Å². The summed E-state index contributed by atoms with van der Waals surface area (Å²) in [7, 11) is 0. The minimum atomic E-state index is 0.220. The Morgan fingerprint density at radius 3 is 2.89 bits per heavy atom. The highest BCUT2D eigenvalue weighted by Crippen LogP contribution is 2.35. The topological polar surface area (TPSA) is 83.3 Å². The first-order valence-corrected chi connectivity index (χ1v) is 6.71. The van der Waals surface area contributed by atoms with Crippen LogP contribution in [0.5, 0.6) is 0 Å². The molecule has 1 aromatic heterocycles. The van der Waals surface area contributed by atoms with Crippen molar-refractivity contribution in [3.63, 3.8) is 0 Å². The maximum atomic E-state index is 10.8. The van der Waals surface area contributed by atoms with E-state index in [9.17, 15) is 4.79 Å². The van der Waals surface area contributed by atoms with Gasteiger partial charge in [0.05, 0.1) is 12.0 Å². The first kappa shape index (κ1) is 12.0. The summed E-state index contributed by atoms with van der Waals surface area (Å²) in [6.45, 7) is 0. The van der Waals surface area contributed by atoms with Gasteiger partial charge in [0.2, 0.25) is 0 Å². The van der Waals surface area contributed by atoms with Crippen LogP contribution >= 0.6 is 0 Å². The normalized spacial score (nSPS) is 28.4. The number of carbonyl (C=O) groups excluding carboxylic acids is 1. The number of aliphatic imine (C=N–C) groups is 1. The summed E-state index contributed by atoms with van der Waals surface area (Å²) in [5, 5.41) is 3.16. The molecule has 0 spiro atoms. The van der Waals surface area contributed by atoms with Crippen LogP contribution in [0.1, 0.15) is 31.2 Å². The minimum Gasteiger partial charge on any atom is -0.400 e. The predicted octanol–water partition coefficient (Wildman–Crippen LogP) is 1.91. The molecule has 0 radical (unpaired) electrons. The van der Waals surface area contributed by atoms with Gasteiger partial charge in [-0.15, -0.1) is 0 Å². The largest absolute Gasteiger partial charge is 0.400 e. The number of nitrogens with two attached hydrogens (primary N) is 1. The van der Waals surface area contributed by atoms with Crippen LogP contribution in [0.25, 0.3) is 5.70 Å². The summed E-state index contributed by atoms with van der Waals surface area (Å²) in [5.74, 6) is 1.42. The highest BCUT2D eigenvalue weighted by atomic mass is 16.1.